The van der Waals surface area contributed by atoms with Gasteiger partial charge in [-0.1, -0.05) is 0 Å². The van der Waals surface area contributed by atoms with Crippen LogP contribution in [0, 0.1) is 17.1 Å². The Bertz CT molecular complexity index is 913. The maximum absolute atomic E-state index is 13.2. The fourth-order valence-corrected chi connectivity index (χ4v) is 3.40. The number of nitrogen functional groups attached to an aromatic ring is 1. The molecule has 0 radical (unpaired) electrons. The number of hydrogen-bond acceptors (Lipinski definition) is 6. The van der Waals surface area contributed by atoms with Crippen LogP contribution in [-0.2, 0) is 11.2 Å². The number of aryl methyl sites for hydroxylation is 1. The number of guanidine groups is 1. The molecule has 0 aliphatic carbocycles. The van der Waals surface area contributed by atoms with E-state index in [1.165, 1.54) is 16.8 Å². The highest BCUT2D eigenvalue weighted by atomic mass is 19.1. The van der Waals surface area contributed by atoms with Gasteiger partial charge in [-0.05, 0) is 50.1 Å². The summed E-state index contributed by atoms with van der Waals surface area (Å²) in [6.45, 7) is 5.86. The van der Waals surface area contributed by atoms with Crippen LogP contribution in [0.15, 0.2) is 29.3 Å². The van der Waals surface area contributed by atoms with Gasteiger partial charge in [0.1, 0.15) is 23.3 Å². The van der Waals surface area contributed by atoms with E-state index in [1.807, 2.05) is 0 Å². The Morgan fingerprint density at radius 2 is 2.00 bits per heavy atom. The summed E-state index contributed by atoms with van der Waals surface area (Å²) >= 11 is 0. The second kappa shape index (κ2) is 11.3. The Hall–Kier alpha value is -3.16. The number of aliphatic imine (C=N–C) groups is 1. The van der Waals surface area contributed by atoms with E-state index in [4.69, 9.17) is 16.2 Å². The van der Waals surface area contributed by atoms with Crippen LogP contribution in [0.1, 0.15) is 24.1 Å². The average Bonchev–Trinajstić information content (AvgIpc) is 3.10. The molecule has 0 unspecified atom stereocenters. The smallest absolute Gasteiger partial charge is 0.188 e. The van der Waals surface area contributed by atoms with Crippen LogP contribution in [0.3, 0.4) is 0 Å². The number of morpholine rings is 1. The molecule has 0 spiro atoms. The minimum Gasteiger partial charge on any atom is -0.382 e. The van der Waals surface area contributed by atoms with Gasteiger partial charge in [0.2, 0.25) is 0 Å². The third-order valence-electron chi connectivity index (χ3n) is 5.09. The monoisotopic (exact) mass is 428 g/mol. The molecule has 2 aromatic rings. The van der Waals surface area contributed by atoms with Crippen molar-refractivity contribution in [1.29, 1.82) is 5.26 Å². The van der Waals surface area contributed by atoms with Crippen molar-refractivity contribution in [2.24, 2.45) is 10.7 Å². The fourth-order valence-electron chi connectivity index (χ4n) is 3.40. The van der Waals surface area contributed by atoms with Crippen molar-refractivity contribution < 1.29 is 9.13 Å². The number of benzene rings is 1. The van der Waals surface area contributed by atoms with Crippen LogP contribution < -0.4 is 16.8 Å². The fraction of sp³-hybridized carbons (Fsp3) is 0.476. The number of aromatic nitrogens is 2. The summed E-state index contributed by atoms with van der Waals surface area (Å²) in [6.07, 6.45) is 2.20. The quantitative estimate of drug-likeness (QED) is 0.309. The van der Waals surface area contributed by atoms with Crippen LogP contribution in [0.25, 0.3) is 5.69 Å². The maximum Gasteiger partial charge on any atom is 0.188 e. The van der Waals surface area contributed by atoms with Gasteiger partial charge < -0.3 is 21.5 Å². The van der Waals surface area contributed by atoms with Gasteiger partial charge in [-0.15, -0.1) is 0 Å². The average molecular weight is 429 g/mol. The first-order valence-corrected chi connectivity index (χ1v) is 10.5. The third-order valence-corrected chi connectivity index (χ3v) is 5.09. The number of ether oxygens (including phenoxy) is 1. The molecule has 0 bridgehead atoms. The molecule has 1 aromatic carbocycles. The number of nitriles is 1. The number of anilines is 1. The molecule has 1 aliphatic heterocycles. The zero-order valence-corrected chi connectivity index (χ0v) is 17.6. The molecule has 1 aromatic heterocycles. The SMILES string of the molecule is N#Cc1c(CCCN=C(N)NCCCN2CCOCC2)nn(-c2ccc(F)cc2)c1N. The van der Waals surface area contributed by atoms with Crippen LogP contribution >= 0.6 is 0 Å². The maximum atomic E-state index is 13.2. The van der Waals surface area contributed by atoms with Crippen molar-refractivity contribution >= 4 is 11.8 Å². The molecule has 3 rings (SSSR count). The molecule has 2 heterocycles. The van der Waals surface area contributed by atoms with Crippen LogP contribution in [-0.4, -0.2) is 66.6 Å². The first-order chi connectivity index (χ1) is 15.1. The summed E-state index contributed by atoms with van der Waals surface area (Å²) in [7, 11) is 0. The largest absolute Gasteiger partial charge is 0.382 e. The number of nitrogens with one attached hydrogen (secondary N) is 1. The highest BCUT2D eigenvalue weighted by Gasteiger charge is 2.16. The van der Waals surface area contributed by atoms with E-state index in [2.05, 4.69) is 26.4 Å². The second-order valence-electron chi connectivity index (χ2n) is 7.31. The molecule has 166 valence electrons. The molecule has 5 N–H and O–H groups in total. The molecule has 0 amide bonds. The number of nitrogens with zero attached hydrogens (tertiary/aromatic N) is 5. The molecule has 0 atom stereocenters. The van der Waals surface area contributed by atoms with E-state index in [0.29, 0.717) is 42.3 Å². The summed E-state index contributed by atoms with van der Waals surface area (Å²) in [5.41, 5.74) is 13.5. The summed E-state index contributed by atoms with van der Waals surface area (Å²) in [5, 5.41) is 17.0. The van der Waals surface area contributed by atoms with E-state index in [1.54, 1.807) is 12.1 Å². The first-order valence-electron chi connectivity index (χ1n) is 10.5. The molecular formula is C21H29FN8O. The van der Waals surface area contributed by atoms with Gasteiger partial charge in [0.05, 0.1) is 24.6 Å². The van der Waals surface area contributed by atoms with Crippen LogP contribution in [0.4, 0.5) is 10.2 Å². The predicted molar refractivity (Wildman–Crippen MR) is 117 cm³/mol. The highest BCUT2D eigenvalue weighted by molar-refractivity contribution is 5.77. The molecule has 1 saturated heterocycles. The zero-order chi connectivity index (χ0) is 22.1. The van der Waals surface area contributed by atoms with E-state index in [0.717, 1.165) is 45.8 Å². The van der Waals surface area contributed by atoms with Gasteiger partial charge >= 0.3 is 0 Å². The van der Waals surface area contributed by atoms with Crippen molar-refractivity contribution in [3.63, 3.8) is 0 Å². The van der Waals surface area contributed by atoms with E-state index < -0.39 is 0 Å². The second-order valence-corrected chi connectivity index (χ2v) is 7.31. The minimum absolute atomic E-state index is 0.244. The lowest BCUT2D eigenvalue weighted by atomic mass is 10.1. The number of halogens is 1. The van der Waals surface area contributed by atoms with E-state index in [-0.39, 0.29) is 11.6 Å². The van der Waals surface area contributed by atoms with Crippen LogP contribution in [0.2, 0.25) is 0 Å². The van der Waals surface area contributed by atoms with E-state index in [9.17, 15) is 9.65 Å². The van der Waals surface area contributed by atoms with Gasteiger partial charge in [0.25, 0.3) is 0 Å². The van der Waals surface area contributed by atoms with Gasteiger partial charge in [0.15, 0.2) is 5.96 Å². The van der Waals surface area contributed by atoms with Crippen molar-refractivity contribution in [3.05, 3.63) is 41.3 Å². The standard InChI is InChI=1S/C21H29FN8O/c22-16-4-6-17(7-5-16)30-20(24)18(15-23)19(28-30)3-1-8-26-21(25)27-9-2-10-29-11-13-31-14-12-29/h4-7H,1-3,8-14,24H2,(H3,25,26,27). The Morgan fingerprint density at radius 1 is 1.26 bits per heavy atom. The Morgan fingerprint density at radius 3 is 2.71 bits per heavy atom. The third kappa shape index (κ3) is 6.41. The summed E-state index contributed by atoms with van der Waals surface area (Å²) in [5.74, 6) is 0.313. The van der Waals surface area contributed by atoms with Gasteiger partial charge in [0, 0.05) is 26.2 Å². The number of hydrogen-bond donors (Lipinski definition) is 3. The van der Waals surface area contributed by atoms with Crippen molar-refractivity contribution in [2.45, 2.75) is 19.3 Å². The number of nitrogens with two attached hydrogens (primary N) is 2. The molecule has 1 fully saturated rings. The van der Waals surface area contributed by atoms with Crippen molar-refractivity contribution in [2.75, 3.05) is 51.7 Å². The van der Waals surface area contributed by atoms with Gasteiger partial charge in [-0.3, -0.25) is 9.89 Å². The van der Waals surface area contributed by atoms with Crippen LogP contribution in [0.5, 0.6) is 0 Å². The lowest BCUT2D eigenvalue weighted by Crippen LogP contribution is -2.39. The summed E-state index contributed by atoms with van der Waals surface area (Å²) < 4.78 is 20.0. The topological polar surface area (TPSA) is 131 Å². The Labute approximate surface area is 181 Å². The molecule has 0 saturated carbocycles. The van der Waals surface area contributed by atoms with Crippen molar-refractivity contribution in [1.82, 2.24) is 20.0 Å². The Kier molecular flexibility index (Phi) is 8.20. The number of rotatable bonds is 9. The molecule has 10 heteroatoms. The molecule has 31 heavy (non-hydrogen) atoms. The summed E-state index contributed by atoms with van der Waals surface area (Å²) in [4.78, 5) is 6.71. The highest BCUT2D eigenvalue weighted by Crippen LogP contribution is 2.21. The lowest BCUT2D eigenvalue weighted by Gasteiger charge is -2.26. The molecular weight excluding hydrogens is 399 g/mol. The van der Waals surface area contributed by atoms with Gasteiger partial charge in [-0.2, -0.15) is 10.4 Å². The summed E-state index contributed by atoms with van der Waals surface area (Å²) in [6, 6.07) is 7.90. The zero-order valence-electron chi connectivity index (χ0n) is 17.6. The predicted octanol–water partition coefficient (Wildman–Crippen LogP) is 1.02. The Balaban J connectivity index is 1.44. The molecule has 1 aliphatic rings. The first kappa shape index (κ1) is 22.5. The molecule has 9 nitrogen and oxygen atoms in total. The minimum atomic E-state index is -0.347. The lowest BCUT2D eigenvalue weighted by molar-refractivity contribution is 0.0376. The van der Waals surface area contributed by atoms with Crippen molar-refractivity contribution in [3.8, 4) is 11.8 Å². The normalized spacial score (nSPS) is 15.0. The van der Waals surface area contributed by atoms with E-state index >= 15 is 0 Å². The van der Waals surface area contributed by atoms with Gasteiger partial charge in [-0.25, -0.2) is 9.07 Å².